The average Bonchev–Trinajstić information content (AvgIpc) is 3.22. The van der Waals surface area contributed by atoms with Crippen LogP contribution in [0.5, 0.6) is 5.75 Å². The van der Waals surface area contributed by atoms with Gasteiger partial charge in [0.15, 0.2) is 0 Å². The first-order valence-electron chi connectivity index (χ1n) is 6.34. The Morgan fingerprint density at radius 2 is 2.06 bits per heavy atom. The van der Waals surface area contributed by atoms with Gasteiger partial charge in [-0.3, -0.25) is 0 Å². The Morgan fingerprint density at radius 1 is 1.24 bits per heavy atom. The van der Waals surface area contributed by atoms with Gasteiger partial charge in [-0.2, -0.15) is 0 Å². The van der Waals surface area contributed by atoms with Crippen molar-refractivity contribution in [2.24, 2.45) is 0 Å². The minimum absolute atomic E-state index is 0.321. The summed E-state index contributed by atoms with van der Waals surface area (Å²) in [5.41, 5.74) is 1.38. The topological polar surface area (TPSA) is 31.0 Å². The molecule has 2 fully saturated rings. The summed E-state index contributed by atoms with van der Waals surface area (Å²) in [4.78, 5) is 0. The third-order valence-electron chi connectivity index (χ3n) is 3.39. The smallest absolute Gasteiger partial charge is 0.119 e. The van der Waals surface area contributed by atoms with Gasteiger partial charge in [0.05, 0.1) is 6.61 Å². The number of hydrogen-bond acceptors (Lipinski definition) is 3. The molecule has 2 heterocycles. The molecule has 3 nitrogen and oxygen atoms in total. The van der Waals surface area contributed by atoms with Gasteiger partial charge in [-0.15, -0.1) is 0 Å². The fourth-order valence-electron chi connectivity index (χ4n) is 2.24. The molecule has 0 aromatic heterocycles. The lowest BCUT2D eigenvalue weighted by molar-refractivity contribution is 0.0852. The summed E-state index contributed by atoms with van der Waals surface area (Å²) >= 11 is 0. The molecule has 0 saturated carbocycles. The number of epoxide rings is 1. The molecular weight excluding hydrogens is 216 g/mol. The van der Waals surface area contributed by atoms with Gasteiger partial charge < -0.3 is 14.2 Å². The summed E-state index contributed by atoms with van der Waals surface area (Å²) in [7, 11) is 0. The predicted octanol–water partition coefficient (Wildman–Crippen LogP) is 2.36. The maximum Gasteiger partial charge on any atom is 0.119 e. The summed E-state index contributed by atoms with van der Waals surface area (Å²) in [5, 5.41) is 0. The lowest BCUT2D eigenvalue weighted by Gasteiger charge is -2.22. The van der Waals surface area contributed by atoms with Crippen LogP contribution in [0.1, 0.15) is 24.3 Å². The Balaban J connectivity index is 1.64. The van der Waals surface area contributed by atoms with E-state index in [0.29, 0.717) is 18.6 Å². The second-order valence-corrected chi connectivity index (χ2v) is 4.73. The zero-order chi connectivity index (χ0) is 11.5. The van der Waals surface area contributed by atoms with E-state index < -0.39 is 0 Å². The van der Waals surface area contributed by atoms with Crippen LogP contribution in [0.2, 0.25) is 0 Å². The third kappa shape index (κ3) is 2.99. The van der Waals surface area contributed by atoms with Crippen LogP contribution in [0.25, 0.3) is 0 Å². The van der Waals surface area contributed by atoms with Gasteiger partial charge in [-0.25, -0.2) is 0 Å². The number of hydrogen-bond donors (Lipinski definition) is 0. The highest BCUT2D eigenvalue weighted by molar-refractivity contribution is 5.31. The SMILES string of the molecule is c1cc(OCC2CO2)cc(C2CCOCC2)c1. The van der Waals surface area contributed by atoms with E-state index in [9.17, 15) is 0 Å². The quantitative estimate of drug-likeness (QED) is 0.749. The fraction of sp³-hybridized carbons (Fsp3) is 0.571. The monoisotopic (exact) mass is 234 g/mol. The molecule has 0 bridgehead atoms. The molecule has 0 aliphatic carbocycles. The van der Waals surface area contributed by atoms with E-state index in [1.165, 1.54) is 5.56 Å². The zero-order valence-electron chi connectivity index (χ0n) is 9.93. The second kappa shape index (κ2) is 5.07. The van der Waals surface area contributed by atoms with Crippen molar-refractivity contribution in [1.29, 1.82) is 0 Å². The van der Waals surface area contributed by atoms with Crippen molar-refractivity contribution < 1.29 is 14.2 Å². The molecular formula is C14H18O3. The van der Waals surface area contributed by atoms with E-state index in [-0.39, 0.29) is 0 Å². The molecule has 2 aliphatic rings. The maximum absolute atomic E-state index is 5.71. The summed E-state index contributed by atoms with van der Waals surface area (Å²) in [6, 6.07) is 8.45. The normalized spacial score (nSPS) is 24.6. The molecule has 2 aliphatic heterocycles. The molecule has 0 N–H and O–H groups in total. The molecule has 2 saturated heterocycles. The van der Waals surface area contributed by atoms with Gasteiger partial charge in [-0.05, 0) is 36.5 Å². The van der Waals surface area contributed by atoms with Crippen LogP contribution < -0.4 is 4.74 Å². The third-order valence-corrected chi connectivity index (χ3v) is 3.39. The van der Waals surface area contributed by atoms with Crippen LogP contribution in [0.15, 0.2) is 24.3 Å². The predicted molar refractivity (Wildman–Crippen MR) is 64.5 cm³/mol. The molecule has 1 unspecified atom stereocenters. The van der Waals surface area contributed by atoms with Crippen LogP contribution in [0.4, 0.5) is 0 Å². The van der Waals surface area contributed by atoms with E-state index in [4.69, 9.17) is 14.2 Å². The van der Waals surface area contributed by atoms with Crippen LogP contribution in [0.3, 0.4) is 0 Å². The van der Waals surface area contributed by atoms with Gasteiger partial charge in [0.25, 0.3) is 0 Å². The molecule has 1 aromatic carbocycles. The van der Waals surface area contributed by atoms with Crippen LogP contribution in [-0.4, -0.2) is 32.5 Å². The highest BCUT2D eigenvalue weighted by Crippen LogP contribution is 2.29. The van der Waals surface area contributed by atoms with Gasteiger partial charge in [0.2, 0.25) is 0 Å². The lowest BCUT2D eigenvalue weighted by Crippen LogP contribution is -2.14. The van der Waals surface area contributed by atoms with Crippen molar-refractivity contribution in [3.05, 3.63) is 29.8 Å². The maximum atomic E-state index is 5.71. The molecule has 92 valence electrons. The Morgan fingerprint density at radius 3 is 2.82 bits per heavy atom. The molecule has 0 amide bonds. The largest absolute Gasteiger partial charge is 0.491 e. The molecule has 1 aromatic rings. The molecule has 17 heavy (non-hydrogen) atoms. The van der Waals surface area contributed by atoms with Gasteiger partial charge >= 0.3 is 0 Å². The van der Waals surface area contributed by atoms with E-state index in [2.05, 4.69) is 18.2 Å². The Labute approximate surface area is 102 Å². The van der Waals surface area contributed by atoms with Crippen molar-refractivity contribution >= 4 is 0 Å². The molecule has 3 rings (SSSR count). The van der Waals surface area contributed by atoms with E-state index in [1.54, 1.807) is 0 Å². The van der Waals surface area contributed by atoms with Gasteiger partial charge in [0, 0.05) is 13.2 Å². The van der Waals surface area contributed by atoms with Crippen molar-refractivity contribution in [3.8, 4) is 5.75 Å². The highest BCUT2D eigenvalue weighted by Gasteiger charge is 2.23. The first-order valence-corrected chi connectivity index (χ1v) is 6.34. The summed E-state index contributed by atoms with van der Waals surface area (Å²) in [5.74, 6) is 1.59. The van der Waals surface area contributed by atoms with Crippen molar-refractivity contribution in [2.45, 2.75) is 24.9 Å². The fourth-order valence-corrected chi connectivity index (χ4v) is 2.24. The summed E-state index contributed by atoms with van der Waals surface area (Å²) in [6.45, 7) is 3.29. The van der Waals surface area contributed by atoms with E-state index in [0.717, 1.165) is 38.4 Å². The standard InChI is InChI=1S/C14H18O3/c1-2-12(11-4-6-15-7-5-11)8-13(3-1)16-9-14-10-17-14/h1-3,8,11,14H,4-7,9-10H2. The van der Waals surface area contributed by atoms with E-state index in [1.807, 2.05) is 6.07 Å². The number of benzene rings is 1. The first kappa shape index (κ1) is 11.1. The Bertz CT molecular complexity index is 367. The average molecular weight is 234 g/mol. The summed E-state index contributed by atoms with van der Waals surface area (Å²) < 4.78 is 16.2. The number of rotatable bonds is 4. The zero-order valence-corrected chi connectivity index (χ0v) is 9.93. The lowest BCUT2D eigenvalue weighted by atomic mass is 9.92. The molecule has 3 heteroatoms. The molecule has 1 atom stereocenters. The van der Waals surface area contributed by atoms with Crippen molar-refractivity contribution in [1.82, 2.24) is 0 Å². The van der Waals surface area contributed by atoms with Crippen molar-refractivity contribution in [3.63, 3.8) is 0 Å². The molecule has 0 spiro atoms. The van der Waals surface area contributed by atoms with Gasteiger partial charge in [0.1, 0.15) is 18.5 Å². The molecule has 0 radical (unpaired) electrons. The second-order valence-electron chi connectivity index (χ2n) is 4.73. The van der Waals surface area contributed by atoms with Crippen LogP contribution >= 0.6 is 0 Å². The van der Waals surface area contributed by atoms with Crippen molar-refractivity contribution in [2.75, 3.05) is 26.4 Å². The first-order chi connectivity index (χ1) is 8.42. The Kier molecular flexibility index (Phi) is 3.29. The summed E-state index contributed by atoms with van der Waals surface area (Å²) in [6.07, 6.45) is 2.56. The van der Waals surface area contributed by atoms with Gasteiger partial charge in [-0.1, -0.05) is 12.1 Å². The number of ether oxygens (including phenoxy) is 3. The minimum atomic E-state index is 0.321. The highest BCUT2D eigenvalue weighted by atomic mass is 16.6. The van der Waals surface area contributed by atoms with E-state index >= 15 is 0 Å². The van der Waals surface area contributed by atoms with Crippen LogP contribution in [-0.2, 0) is 9.47 Å². The Hall–Kier alpha value is -1.06. The minimum Gasteiger partial charge on any atom is -0.491 e. The van der Waals surface area contributed by atoms with Crippen LogP contribution in [0, 0.1) is 0 Å².